The highest BCUT2D eigenvalue weighted by Crippen LogP contribution is 2.25. The molecule has 0 radical (unpaired) electrons. The second-order valence-corrected chi connectivity index (χ2v) is 6.40. The number of hydrogen-bond acceptors (Lipinski definition) is 6. The molecule has 1 aromatic rings. The third-order valence-electron chi connectivity index (χ3n) is 2.02. The Morgan fingerprint density at radius 2 is 2.00 bits per heavy atom. The van der Waals surface area contributed by atoms with Gasteiger partial charge in [-0.3, -0.25) is 4.79 Å². The van der Waals surface area contributed by atoms with Crippen LogP contribution in [0.25, 0.3) is 0 Å². The summed E-state index contributed by atoms with van der Waals surface area (Å²) >= 11 is 1.56. The predicted molar refractivity (Wildman–Crippen MR) is 71.7 cm³/mol. The molecular weight excluding hydrogens is 252 g/mol. The van der Waals surface area contributed by atoms with Gasteiger partial charge >= 0.3 is 0 Å². The molecule has 0 amide bonds. The van der Waals surface area contributed by atoms with E-state index in [0.29, 0.717) is 11.6 Å². The number of methoxy groups -OCH3 is 2. The summed E-state index contributed by atoms with van der Waals surface area (Å²) in [5.74, 6) is 0.781. The summed E-state index contributed by atoms with van der Waals surface area (Å²) in [7, 11) is 2.94. The van der Waals surface area contributed by atoms with Crippen LogP contribution in [0.1, 0.15) is 31.3 Å². The van der Waals surface area contributed by atoms with Crippen molar-refractivity contribution >= 4 is 17.5 Å². The minimum Gasteiger partial charge on any atom is -0.480 e. The van der Waals surface area contributed by atoms with Gasteiger partial charge in [-0.05, 0) is 0 Å². The zero-order chi connectivity index (χ0) is 13.8. The van der Waals surface area contributed by atoms with Gasteiger partial charge in [-0.15, -0.1) is 11.8 Å². The Bertz CT molecular complexity index is 430. The Morgan fingerprint density at radius 1 is 1.33 bits per heavy atom. The molecule has 6 heteroatoms. The average Bonchev–Trinajstić information content (AvgIpc) is 2.34. The fourth-order valence-electron chi connectivity index (χ4n) is 1.14. The summed E-state index contributed by atoms with van der Waals surface area (Å²) in [6.07, 6.45) is 1.41. The van der Waals surface area contributed by atoms with Gasteiger partial charge in [0.1, 0.15) is 0 Å². The number of aromatic nitrogens is 2. The van der Waals surface area contributed by atoms with E-state index < -0.39 is 0 Å². The van der Waals surface area contributed by atoms with Crippen LogP contribution < -0.4 is 9.47 Å². The van der Waals surface area contributed by atoms with Crippen LogP contribution in [0.3, 0.4) is 0 Å². The zero-order valence-electron chi connectivity index (χ0n) is 11.3. The van der Waals surface area contributed by atoms with Crippen LogP contribution in [0.5, 0.6) is 11.8 Å². The summed E-state index contributed by atoms with van der Waals surface area (Å²) in [6.45, 7) is 6.17. The van der Waals surface area contributed by atoms with Gasteiger partial charge in [0.2, 0.25) is 11.8 Å². The largest absolute Gasteiger partial charge is 0.480 e. The lowest BCUT2D eigenvalue weighted by atomic mass is 10.3. The molecule has 0 N–H and O–H groups in total. The molecule has 0 unspecified atom stereocenters. The van der Waals surface area contributed by atoms with Crippen molar-refractivity contribution in [3.63, 3.8) is 0 Å². The number of ketones is 1. The monoisotopic (exact) mass is 270 g/mol. The van der Waals surface area contributed by atoms with Gasteiger partial charge in [-0.1, -0.05) is 20.8 Å². The van der Waals surface area contributed by atoms with E-state index in [1.54, 1.807) is 11.8 Å². The topological polar surface area (TPSA) is 61.3 Å². The van der Waals surface area contributed by atoms with Crippen molar-refractivity contribution in [2.45, 2.75) is 25.5 Å². The van der Waals surface area contributed by atoms with Crippen molar-refractivity contribution in [2.24, 2.45) is 0 Å². The number of hydrogen-bond donors (Lipinski definition) is 0. The third-order valence-corrected chi connectivity index (χ3v) is 3.29. The van der Waals surface area contributed by atoms with E-state index in [1.165, 1.54) is 20.4 Å². The van der Waals surface area contributed by atoms with Gasteiger partial charge in [-0.25, -0.2) is 4.98 Å². The number of Topliss-reactive ketones (excluding diaryl/α,β-unsaturated/α-hetero) is 1. The lowest BCUT2D eigenvalue weighted by Crippen LogP contribution is -2.15. The standard InChI is InChI=1S/C12H18N2O3S/c1-12(2,3)18-7-8(15)10-11(17-5)14-9(16-4)6-13-10/h6H,7H2,1-5H3. The van der Waals surface area contributed by atoms with E-state index in [-0.39, 0.29) is 22.1 Å². The lowest BCUT2D eigenvalue weighted by molar-refractivity contribution is 0.101. The molecule has 0 aromatic carbocycles. The minimum atomic E-state index is -0.0954. The maximum absolute atomic E-state index is 12.0. The summed E-state index contributed by atoms with van der Waals surface area (Å²) in [5, 5.41) is 0. The first kappa shape index (κ1) is 14.8. The Hall–Kier alpha value is -1.30. The van der Waals surface area contributed by atoms with Gasteiger partial charge in [0.15, 0.2) is 11.5 Å². The number of carbonyl (C=O) groups is 1. The van der Waals surface area contributed by atoms with Crippen molar-refractivity contribution in [2.75, 3.05) is 20.0 Å². The molecular formula is C12H18N2O3S. The number of nitrogens with zero attached hydrogens (tertiary/aromatic N) is 2. The molecule has 0 bridgehead atoms. The van der Waals surface area contributed by atoms with Crippen molar-refractivity contribution in [1.29, 1.82) is 0 Å². The van der Waals surface area contributed by atoms with E-state index >= 15 is 0 Å². The molecule has 0 aliphatic heterocycles. The summed E-state index contributed by atoms with van der Waals surface area (Å²) in [5.41, 5.74) is 0.245. The second kappa shape index (κ2) is 6.04. The van der Waals surface area contributed by atoms with Crippen molar-refractivity contribution < 1.29 is 14.3 Å². The van der Waals surface area contributed by atoms with Crippen LogP contribution >= 0.6 is 11.8 Å². The number of carbonyl (C=O) groups excluding carboxylic acids is 1. The molecule has 0 saturated carbocycles. The maximum Gasteiger partial charge on any atom is 0.246 e. The van der Waals surface area contributed by atoms with Crippen LogP contribution in [0.4, 0.5) is 0 Å². The highest BCUT2D eigenvalue weighted by atomic mass is 32.2. The van der Waals surface area contributed by atoms with Gasteiger partial charge in [0.25, 0.3) is 0 Å². The molecule has 0 aliphatic carbocycles. The van der Waals surface area contributed by atoms with E-state index in [1.807, 2.05) is 0 Å². The maximum atomic E-state index is 12.0. The first-order valence-corrected chi connectivity index (χ1v) is 6.48. The summed E-state index contributed by atoms with van der Waals surface area (Å²) < 4.78 is 10.0. The Balaban J connectivity index is 2.85. The molecule has 1 rings (SSSR count). The quantitative estimate of drug-likeness (QED) is 0.764. The Morgan fingerprint density at radius 3 is 2.50 bits per heavy atom. The van der Waals surface area contributed by atoms with Crippen molar-refractivity contribution in [1.82, 2.24) is 9.97 Å². The molecule has 1 heterocycles. The van der Waals surface area contributed by atoms with Crippen LogP contribution in [-0.2, 0) is 0 Å². The summed E-state index contributed by atoms with van der Waals surface area (Å²) in [4.78, 5) is 20.1. The molecule has 5 nitrogen and oxygen atoms in total. The minimum absolute atomic E-state index is 0.0305. The predicted octanol–water partition coefficient (Wildman–Crippen LogP) is 2.21. The number of ether oxygens (including phenoxy) is 2. The van der Waals surface area contributed by atoms with Crippen molar-refractivity contribution in [3.8, 4) is 11.8 Å². The highest BCUT2D eigenvalue weighted by molar-refractivity contribution is 8.01. The van der Waals surface area contributed by atoms with Crippen LogP contribution in [-0.4, -0.2) is 40.5 Å². The van der Waals surface area contributed by atoms with Crippen LogP contribution in [0, 0.1) is 0 Å². The number of thioether (sulfide) groups is 1. The summed E-state index contributed by atoms with van der Waals surface area (Å²) in [6, 6.07) is 0. The van der Waals surface area contributed by atoms with Crippen LogP contribution in [0.2, 0.25) is 0 Å². The van der Waals surface area contributed by atoms with Crippen LogP contribution in [0.15, 0.2) is 6.20 Å². The lowest BCUT2D eigenvalue weighted by Gasteiger charge is -2.16. The van der Waals surface area contributed by atoms with Gasteiger partial charge in [0.05, 0.1) is 26.2 Å². The van der Waals surface area contributed by atoms with Gasteiger partial charge in [0, 0.05) is 4.75 Å². The molecule has 18 heavy (non-hydrogen) atoms. The molecule has 100 valence electrons. The second-order valence-electron chi connectivity index (χ2n) is 4.59. The normalized spacial score (nSPS) is 11.2. The zero-order valence-corrected chi connectivity index (χ0v) is 12.1. The molecule has 0 atom stereocenters. The van der Waals surface area contributed by atoms with Gasteiger partial charge in [-0.2, -0.15) is 4.98 Å². The molecule has 0 saturated heterocycles. The third kappa shape index (κ3) is 4.18. The van der Waals surface area contributed by atoms with Gasteiger partial charge < -0.3 is 9.47 Å². The first-order chi connectivity index (χ1) is 8.37. The van der Waals surface area contributed by atoms with E-state index in [4.69, 9.17) is 9.47 Å². The first-order valence-electron chi connectivity index (χ1n) is 5.49. The fraction of sp³-hybridized carbons (Fsp3) is 0.583. The number of rotatable bonds is 5. The highest BCUT2D eigenvalue weighted by Gasteiger charge is 2.20. The Kier molecular flexibility index (Phi) is 4.95. The van der Waals surface area contributed by atoms with E-state index in [9.17, 15) is 4.79 Å². The van der Waals surface area contributed by atoms with Crippen molar-refractivity contribution in [3.05, 3.63) is 11.9 Å². The van der Waals surface area contributed by atoms with E-state index in [0.717, 1.165) is 0 Å². The average molecular weight is 270 g/mol. The Labute approximate surface area is 111 Å². The molecule has 0 aliphatic rings. The smallest absolute Gasteiger partial charge is 0.246 e. The molecule has 0 spiro atoms. The van der Waals surface area contributed by atoms with E-state index in [2.05, 4.69) is 30.7 Å². The molecule has 0 fully saturated rings. The molecule has 1 aromatic heterocycles. The fourth-order valence-corrected chi connectivity index (χ4v) is 1.84. The SMILES string of the molecule is COc1cnc(C(=O)CSC(C)(C)C)c(OC)n1.